The second kappa shape index (κ2) is 8.48. The highest BCUT2D eigenvalue weighted by molar-refractivity contribution is 5.84. The maximum atomic E-state index is 13.1. The van der Waals surface area contributed by atoms with Crippen LogP contribution in [0.4, 0.5) is 0 Å². The van der Waals surface area contributed by atoms with Crippen molar-refractivity contribution in [2.45, 2.75) is 33.2 Å². The fraction of sp³-hybridized carbons (Fsp3) is 0.600. The van der Waals surface area contributed by atoms with Crippen LogP contribution in [-0.2, 0) is 9.59 Å². The molecule has 1 aromatic carbocycles. The van der Waals surface area contributed by atoms with Crippen LogP contribution in [0.1, 0.15) is 37.4 Å². The Morgan fingerprint density at radius 3 is 2.20 bits per heavy atom. The molecule has 25 heavy (non-hydrogen) atoms. The summed E-state index contributed by atoms with van der Waals surface area (Å²) in [5, 5.41) is 0. The van der Waals surface area contributed by atoms with Crippen molar-refractivity contribution in [3.63, 3.8) is 0 Å². The lowest BCUT2D eigenvalue weighted by molar-refractivity contribution is -0.143. The summed E-state index contributed by atoms with van der Waals surface area (Å²) in [5.41, 5.74) is 2.18. The van der Waals surface area contributed by atoms with E-state index >= 15 is 0 Å². The number of aryl methyl sites for hydroxylation is 1. The van der Waals surface area contributed by atoms with Crippen molar-refractivity contribution >= 4 is 11.8 Å². The third-order valence-electron chi connectivity index (χ3n) is 4.64. The monoisotopic (exact) mass is 345 g/mol. The second-order valence-electron chi connectivity index (χ2n) is 7.58. The van der Waals surface area contributed by atoms with E-state index in [0.717, 1.165) is 11.1 Å². The van der Waals surface area contributed by atoms with Crippen LogP contribution < -0.4 is 0 Å². The summed E-state index contributed by atoms with van der Waals surface area (Å²) in [4.78, 5) is 31.0. The summed E-state index contributed by atoms with van der Waals surface area (Å²) in [6.45, 7) is 8.64. The number of hydrogen-bond acceptors (Lipinski definition) is 3. The van der Waals surface area contributed by atoms with Crippen LogP contribution in [0.25, 0.3) is 0 Å². The Balaban J connectivity index is 2.03. The molecule has 2 amide bonds. The van der Waals surface area contributed by atoms with Gasteiger partial charge in [0.05, 0.1) is 0 Å². The van der Waals surface area contributed by atoms with Gasteiger partial charge in [0, 0.05) is 32.6 Å². The van der Waals surface area contributed by atoms with Crippen molar-refractivity contribution in [1.82, 2.24) is 14.7 Å². The average molecular weight is 345 g/mol. The summed E-state index contributed by atoms with van der Waals surface area (Å²) >= 11 is 0. The predicted octanol–water partition coefficient (Wildman–Crippen LogP) is 2.31. The number of benzene rings is 1. The van der Waals surface area contributed by atoms with Crippen LogP contribution in [0.15, 0.2) is 24.3 Å². The first-order valence-corrected chi connectivity index (χ1v) is 9.09. The first-order chi connectivity index (χ1) is 11.8. The zero-order valence-electron chi connectivity index (χ0n) is 16.2. The molecule has 0 saturated carbocycles. The van der Waals surface area contributed by atoms with Gasteiger partial charge in [0.25, 0.3) is 0 Å². The molecule has 0 N–H and O–H groups in total. The van der Waals surface area contributed by atoms with Crippen molar-refractivity contribution in [2.75, 3.05) is 40.3 Å². The molecule has 0 bridgehead atoms. The molecule has 1 aromatic rings. The van der Waals surface area contributed by atoms with E-state index in [1.165, 1.54) is 0 Å². The van der Waals surface area contributed by atoms with E-state index in [1.54, 1.807) is 0 Å². The van der Waals surface area contributed by atoms with Crippen LogP contribution >= 0.6 is 0 Å². The summed E-state index contributed by atoms with van der Waals surface area (Å²) in [6.07, 6.45) is 0.581. The quantitative estimate of drug-likeness (QED) is 0.823. The van der Waals surface area contributed by atoms with E-state index in [0.29, 0.717) is 38.5 Å². The third-order valence-corrected chi connectivity index (χ3v) is 4.64. The second-order valence-corrected chi connectivity index (χ2v) is 7.58. The van der Waals surface area contributed by atoms with Crippen LogP contribution in [0.3, 0.4) is 0 Å². The van der Waals surface area contributed by atoms with E-state index in [-0.39, 0.29) is 17.9 Å². The first kappa shape index (κ1) is 19.4. The smallest absolute Gasteiger partial charge is 0.244 e. The number of nitrogens with zero attached hydrogens (tertiary/aromatic N) is 3. The average Bonchev–Trinajstić information content (AvgIpc) is 2.54. The van der Waals surface area contributed by atoms with Gasteiger partial charge < -0.3 is 9.80 Å². The van der Waals surface area contributed by atoms with Crippen LogP contribution in [-0.4, -0.2) is 66.8 Å². The van der Waals surface area contributed by atoms with Gasteiger partial charge in [0.1, 0.15) is 6.04 Å². The van der Waals surface area contributed by atoms with Gasteiger partial charge in [-0.15, -0.1) is 0 Å². The Morgan fingerprint density at radius 1 is 1.08 bits per heavy atom. The summed E-state index contributed by atoms with van der Waals surface area (Å²) < 4.78 is 0. The van der Waals surface area contributed by atoms with Gasteiger partial charge in [0.2, 0.25) is 11.8 Å². The highest BCUT2D eigenvalue weighted by Crippen LogP contribution is 2.23. The van der Waals surface area contributed by atoms with Gasteiger partial charge in [-0.2, -0.15) is 0 Å². The molecular weight excluding hydrogens is 314 g/mol. The molecule has 0 spiro atoms. The molecule has 0 aromatic heterocycles. The number of carbonyl (C=O) groups is 2. The molecule has 2 rings (SSSR count). The summed E-state index contributed by atoms with van der Waals surface area (Å²) in [6, 6.07) is 7.84. The van der Waals surface area contributed by atoms with Crippen molar-refractivity contribution in [2.24, 2.45) is 5.92 Å². The molecular formula is C20H31N3O2. The molecule has 1 atom stereocenters. The lowest BCUT2D eigenvalue weighted by Gasteiger charge is -2.38. The Labute approximate surface area is 151 Å². The van der Waals surface area contributed by atoms with Crippen LogP contribution in [0, 0.1) is 12.8 Å². The molecule has 1 aliphatic heterocycles. The Hall–Kier alpha value is -1.88. The maximum Gasteiger partial charge on any atom is 0.244 e. The molecule has 5 heteroatoms. The van der Waals surface area contributed by atoms with Crippen molar-refractivity contribution in [1.29, 1.82) is 0 Å². The number of hydrogen-bond donors (Lipinski definition) is 0. The highest BCUT2D eigenvalue weighted by Gasteiger charge is 2.31. The zero-order valence-corrected chi connectivity index (χ0v) is 16.2. The predicted molar refractivity (Wildman–Crippen MR) is 100 cm³/mol. The summed E-state index contributed by atoms with van der Waals surface area (Å²) in [7, 11) is 3.88. The van der Waals surface area contributed by atoms with Gasteiger partial charge in [-0.05, 0) is 32.5 Å². The van der Waals surface area contributed by atoms with E-state index in [4.69, 9.17) is 0 Å². The van der Waals surface area contributed by atoms with Crippen LogP contribution in [0.5, 0.6) is 0 Å². The molecule has 1 aliphatic rings. The molecule has 1 fully saturated rings. The Bertz CT molecular complexity index is 605. The van der Waals surface area contributed by atoms with E-state index in [2.05, 4.69) is 19.9 Å². The van der Waals surface area contributed by atoms with Crippen molar-refractivity contribution < 1.29 is 9.59 Å². The minimum Gasteiger partial charge on any atom is -0.339 e. The molecule has 0 radical (unpaired) electrons. The molecule has 1 saturated heterocycles. The van der Waals surface area contributed by atoms with Gasteiger partial charge in [0.15, 0.2) is 0 Å². The van der Waals surface area contributed by atoms with E-state index in [9.17, 15) is 9.59 Å². The van der Waals surface area contributed by atoms with Gasteiger partial charge >= 0.3 is 0 Å². The standard InChI is InChI=1S/C20H31N3O2/c1-15(2)13-18(24)22-9-11-23(12-10-22)20(25)19(21(4)5)17-8-6-7-16(3)14-17/h6-8,14-15,19H,9-13H2,1-5H3/t19-/m1/s1. The largest absolute Gasteiger partial charge is 0.339 e. The molecule has 5 nitrogen and oxygen atoms in total. The first-order valence-electron chi connectivity index (χ1n) is 9.09. The fourth-order valence-corrected chi connectivity index (χ4v) is 3.33. The Kier molecular flexibility index (Phi) is 6.59. The minimum absolute atomic E-state index is 0.117. The number of amides is 2. The van der Waals surface area contributed by atoms with Crippen LogP contribution in [0.2, 0.25) is 0 Å². The fourth-order valence-electron chi connectivity index (χ4n) is 3.33. The highest BCUT2D eigenvalue weighted by atomic mass is 16.2. The molecule has 0 unspecified atom stereocenters. The normalized spacial score (nSPS) is 16.4. The van der Waals surface area contributed by atoms with Crippen molar-refractivity contribution in [3.05, 3.63) is 35.4 Å². The van der Waals surface area contributed by atoms with Gasteiger partial charge in [-0.3, -0.25) is 14.5 Å². The topological polar surface area (TPSA) is 43.9 Å². The SMILES string of the molecule is Cc1cccc([C@H](C(=O)N2CCN(C(=O)CC(C)C)CC2)N(C)C)c1. The van der Waals surface area contributed by atoms with E-state index in [1.807, 2.05) is 53.9 Å². The lowest BCUT2D eigenvalue weighted by Crippen LogP contribution is -2.53. The number of piperazine rings is 1. The molecule has 138 valence electrons. The Morgan fingerprint density at radius 2 is 1.68 bits per heavy atom. The van der Waals surface area contributed by atoms with E-state index < -0.39 is 0 Å². The zero-order chi connectivity index (χ0) is 18.6. The third kappa shape index (κ3) is 5.05. The number of rotatable bonds is 5. The molecule has 1 heterocycles. The van der Waals surface area contributed by atoms with Gasteiger partial charge in [-0.25, -0.2) is 0 Å². The molecule has 0 aliphatic carbocycles. The number of likely N-dealkylation sites (N-methyl/N-ethyl adjacent to an activating group) is 1. The maximum absolute atomic E-state index is 13.1. The van der Waals surface area contributed by atoms with Gasteiger partial charge in [-0.1, -0.05) is 43.7 Å². The summed E-state index contributed by atoms with van der Waals surface area (Å²) in [5.74, 6) is 0.683. The van der Waals surface area contributed by atoms with Crippen molar-refractivity contribution in [3.8, 4) is 0 Å². The lowest BCUT2D eigenvalue weighted by atomic mass is 10.0. The minimum atomic E-state index is -0.280. The number of carbonyl (C=O) groups excluding carboxylic acids is 2.